The van der Waals surface area contributed by atoms with E-state index in [0.29, 0.717) is 5.52 Å². The number of aromatic nitrogens is 1. The average Bonchev–Trinajstić information content (AvgIpc) is 2.98. The van der Waals surface area contributed by atoms with E-state index in [0.717, 1.165) is 29.0 Å². The highest BCUT2D eigenvalue weighted by Crippen LogP contribution is 2.29. The summed E-state index contributed by atoms with van der Waals surface area (Å²) >= 11 is 1.19. The molecule has 0 atom stereocenters. The van der Waals surface area contributed by atoms with Gasteiger partial charge in [0.2, 0.25) is 0 Å². The van der Waals surface area contributed by atoms with Gasteiger partial charge in [-0.15, -0.1) is 0 Å². The van der Waals surface area contributed by atoms with Crippen LogP contribution in [-0.2, 0) is 22.3 Å². The Kier molecular flexibility index (Phi) is 5.13. The number of fused-ring (bicyclic) bond motifs is 1. The molecule has 0 radical (unpaired) electrons. The van der Waals surface area contributed by atoms with Gasteiger partial charge in [-0.25, -0.2) is 0 Å². The van der Waals surface area contributed by atoms with E-state index >= 15 is 0 Å². The number of methoxy groups -OCH3 is 1. The molecule has 0 bridgehead atoms. The molecule has 0 N–H and O–H groups in total. The largest absolute Gasteiger partial charge is 0.468 e. The number of rotatable bonds is 3. The molecule has 3 rings (SSSR count). The second kappa shape index (κ2) is 7.36. The molecule has 0 aliphatic carbocycles. The van der Waals surface area contributed by atoms with Crippen molar-refractivity contribution in [1.82, 2.24) is 4.57 Å². The zero-order chi connectivity index (χ0) is 19.6. The Hall–Kier alpha value is -2.94. The molecule has 140 valence electrons. The van der Waals surface area contributed by atoms with Crippen LogP contribution in [0.5, 0.6) is 0 Å². The maximum absolute atomic E-state index is 12.6. The molecule has 1 heterocycles. The summed E-state index contributed by atoms with van der Waals surface area (Å²) in [5, 5.41) is 0. The van der Waals surface area contributed by atoms with E-state index in [1.54, 1.807) is 12.1 Å². The number of hydrogen-bond acceptors (Lipinski definition) is 4. The lowest BCUT2D eigenvalue weighted by molar-refractivity contribution is -0.141. The van der Waals surface area contributed by atoms with Gasteiger partial charge in [-0.1, -0.05) is 23.5 Å². The van der Waals surface area contributed by atoms with Gasteiger partial charge in [0.1, 0.15) is 6.54 Å². The van der Waals surface area contributed by atoms with Crippen LogP contribution in [0, 0.1) is 0 Å². The molecule has 5 nitrogen and oxygen atoms in total. The first-order valence-electron chi connectivity index (χ1n) is 7.71. The van der Waals surface area contributed by atoms with Crippen molar-refractivity contribution in [2.45, 2.75) is 12.7 Å². The minimum absolute atomic E-state index is 0.0186. The third-order valence-electron chi connectivity index (χ3n) is 3.76. The Morgan fingerprint density at radius 1 is 1.11 bits per heavy atom. The molecule has 0 fully saturated rings. The third kappa shape index (κ3) is 4.08. The van der Waals surface area contributed by atoms with Crippen molar-refractivity contribution in [2.24, 2.45) is 4.99 Å². The lowest BCUT2D eigenvalue weighted by Crippen LogP contribution is -2.22. The van der Waals surface area contributed by atoms with Gasteiger partial charge in [-0.2, -0.15) is 18.2 Å². The predicted molar refractivity (Wildman–Crippen MR) is 93.2 cm³/mol. The Morgan fingerprint density at radius 2 is 1.78 bits per heavy atom. The van der Waals surface area contributed by atoms with Crippen molar-refractivity contribution in [1.29, 1.82) is 0 Å². The summed E-state index contributed by atoms with van der Waals surface area (Å²) in [6.45, 7) is -0.139. The summed E-state index contributed by atoms with van der Waals surface area (Å²) < 4.78 is 44.9. The fourth-order valence-corrected chi connectivity index (χ4v) is 3.43. The van der Waals surface area contributed by atoms with Gasteiger partial charge in [0, 0.05) is 5.56 Å². The maximum Gasteiger partial charge on any atom is 0.416 e. The molecule has 0 saturated heterocycles. The van der Waals surface area contributed by atoms with E-state index < -0.39 is 23.6 Å². The number of hydrogen-bond donors (Lipinski definition) is 0. The van der Waals surface area contributed by atoms with E-state index in [2.05, 4.69) is 9.73 Å². The van der Waals surface area contributed by atoms with E-state index in [-0.39, 0.29) is 16.9 Å². The minimum Gasteiger partial charge on any atom is -0.468 e. The number of esters is 1. The maximum atomic E-state index is 12.6. The van der Waals surface area contributed by atoms with Crippen LogP contribution in [0.4, 0.5) is 13.2 Å². The van der Waals surface area contributed by atoms with Crippen LogP contribution in [0.1, 0.15) is 15.9 Å². The first-order chi connectivity index (χ1) is 12.8. The Labute approximate surface area is 155 Å². The third-order valence-corrected chi connectivity index (χ3v) is 4.82. The monoisotopic (exact) mass is 394 g/mol. The fraction of sp³-hybridized carbons (Fsp3) is 0.167. The summed E-state index contributed by atoms with van der Waals surface area (Å²) in [5.41, 5.74) is -0.126. The lowest BCUT2D eigenvalue weighted by atomic mass is 10.1. The molecule has 9 heteroatoms. The minimum atomic E-state index is -4.48. The molecular formula is C18H13F3N2O3S. The van der Waals surface area contributed by atoms with E-state index in [1.165, 1.54) is 23.0 Å². The van der Waals surface area contributed by atoms with Crippen LogP contribution < -0.4 is 4.80 Å². The van der Waals surface area contributed by atoms with Gasteiger partial charge in [-0.05, 0) is 36.4 Å². The molecule has 0 aliphatic heterocycles. The summed E-state index contributed by atoms with van der Waals surface area (Å²) in [6.07, 6.45) is -4.48. The Morgan fingerprint density at radius 3 is 2.41 bits per heavy atom. The number of alkyl halides is 3. The first-order valence-corrected chi connectivity index (χ1v) is 8.53. The van der Waals surface area contributed by atoms with Gasteiger partial charge in [-0.3, -0.25) is 9.59 Å². The molecule has 1 aromatic heterocycles. The normalized spacial score (nSPS) is 12.4. The topological polar surface area (TPSA) is 60.7 Å². The van der Waals surface area contributed by atoms with Gasteiger partial charge >= 0.3 is 12.1 Å². The molecule has 0 unspecified atom stereocenters. The molecule has 3 aromatic rings. The number of ether oxygens (including phenoxy) is 1. The summed E-state index contributed by atoms with van der Waals surface area (Å²) in [6, 6.07) is 11.0. The highest BCUT2D eigenvalue weighted by Gasteiger charge is 2.30. The molecule has 2 aromatic carbocycles. The average molecular weight is 394 g/mol. The number of halogens is 3. The Balaban J connectivity index is 2.03. The SMILES string of the molecule is COC(=O)Cn1c(=NC(=O)c2ccc(C(F)(F)F)cc2)sc2ccccc21. The fourth-order valence-electron chi connectivity index (χ4n) is 2.41. The highest BCUT2D eigenvalue weighted by atomic mass is 32.1. The van der Waals surface area contributed by atoms with Crippen LogP contribution in [0.15, 0.2) is 53.5 Å². The summed E-state index contributed by atoms with van der Waals surface area (Å²) in [7, 11) is 1.25. The number of carbonyl (C=O) groups excluding carboxylic acids is 2. The van der Waals surface area contributed by atoms with Crippen molar-refractivity contribution in [3.05, 3.63) is 64.5 Å². The summed E-state index contributed by atoms with van der Waals surface area (Å²) in [5.74, 6) is -1.21. The van der Waals surface area contributed by atoms with Gasteiger partial charge in [0.25, 0.3) is 5.91 Å². The van der Waals surface area contributed by atoms with Crippen molar-refractivity contribution in [3.8, 4) is 0 Å². The van der Waals surface area contributed by atoms with Crippen molar-refractivity contribution in [2.75, 3.05) is 7.11 Å². The molecule has 1 amide bonds. The summed E-state index contributed by atoms with van der Waals surface area (Å²) in [4.78, 5) is 28.3. The van der Waals surface area contributed by atoms with E-state index in [1.807, 2.05) is 12.1 Å². The molecule has 27 heavy (non-hydrogen) atoms. The molecule has 0 aliphatic rings. The van der Waals surface area contributed by atoms with Crippen LogP contribution in [0.25, 0.3) is 10.2 Å². The van der Waals surface area contributed by atoms with Crippen LogP contribution >= 0.6 is 11.3 Å². The van der Waals surface area contributed by atoms with Crippen molar-refractivity contribution in [3.63, 3.8) is 0 Å². The number of benzene rings is 2. The first kappa shape index (κ1) is 18.8. The number of amides is 1. The van der Waals surface area contributed by atoms with Crippen molar-refractivity contribution < 1.29 is 27.5 Å². The van der Waals surface area contributed by atoms with Crippen LogP contribution in [0.2, 0.25) is 0 Å². The van der Waals surface area contributed by atoms with E-state index in [9.17, 15) is 22.8 Å². The smallest absolute Gasteiger partial charge is 0.416 e. The van der Waals surface area contributed by atoms with Crippen LogP contribution in [-0.4, -0.2) is 23.6 Å². The number of nitrogens with zero attached hydrogens (tertiary/aromatic N) is 2. The molecule has 0 spiro atoms. The Bertz CT molecular complexity index is 1070. The zero-order valence-corrected chi connectivity index (χ0v) is 14.8. The van der Waals surface area contributed by atoms with E-state index in [4.69, 9.17) is 0 Å². The molecule has 0 saturated carbocycles. The quantitative estimate of drug-likeness (QED) is 0.638. The molecular weight excluding hydrogens is 381 g/mol. The second-order valence-corrected chi connectivity index (χ2v) is 6.52. The van der Waals surface area contributed by atoms with Gasteiger partial charge in [0.05, 0.1) is 22.9 Å². The predicted octanol–water partition coefficient (Wildman–Crippen LogP) is 3.64. The van der Waals surface area contributed by atoms with Crippen LogP contribution in [0.3, 0.4) is 0 Å². The highest BCUT2D eigenvalue weighted by molar-refractivity contribution is 7.16. The number of para-hydroxylation sites is 1. The zero-order valence-electron chi connectivity index (χ0n) is 14.0. The second-order valence-electron chi connectivity index (χ2n) is 5.51. The van der Waals surface area contributed by atoms with Crippen molar-refractivity contribution >= 4 is 33.4 Å². The van der Waals surface area contributed by atoms with Gasteiger partial charge in [0.15, 0.2) is 4.80 Å². The lowest BCUT2D eigenvalue weighted by Gasteiger charge is -2.06. The number of thiazole rings is 1. The van der Waals surface area contributed by atoms with Gasteiger partial charge < -0.3 is 9.30 Å². The number of carbonyl (C=O) groups is 2. The standard InChI is InChI=1S/C18H13F3N2O3S/c1-26-15(24)10-23-13-4-2-3-5-14(13)27-17(23)22-16(25)11-6-8-12(9-7-11)18(19,20)21/h2-9H,10H2,1H3.